The van der Waals surface area contributed by atoms with E-state index < -0.39 is 21.9 Å². The summed E-state index contributed by atoms with van der Waals surface area (Å²) in [5.41, 5.74) is 0.651. The number of piperidine rings is 1. The number of hydrogen-bond donors (Lipinski definition) is 1. The second-order valence-electron chi connectivity index (χ2n) is 5.76. The lowest BCUT2D eigenvalue weighted by Gasteiger charge is -2.35. The highest BCUT2D eigenvalue weighted by molar-refractivity contribution is 7.89. The number of carboxylic acids is 1. The molecule has 6 nitrogen and oxygen atoms in total. The molecule has 0 aromatic heterocycles. The van der Waals surface area contributed by atoms with Gasteiger partial charge in [-0.05, 0) is 43.5 Å². The topological polar surface area (TPSA) is 83.9 Å². The van der Waals surface area contributed by atoms with Crippen molar-refractivity contribution < 1.29 is 23.1 Å². The van der Waals surface area contributed by atoms with Crippen molar-refractivity contribution in [1.29, 1.82) is 0 Å². The normalized spacial score (nSPS) is 22.9. The average Bonchev–Trinajstić information content (AvgIpc) is 2.47. The molecule has 2 rings (SSSR count). The number of carboxylic acid groups (broad SMARTS) is 1. The molecule has 0 spiro atoms. The molecule has 23 heavy (non-hydrogen) atoms. The van der Waals surface area contributed by atoms with Crippen molar-refractivity contribution in [2.75, 3.05) is 13.7 Å². The molecule has 2 atom stereocenters. The Hall–Kier alpha value is -1.15. The van der Waals surface area contributed by atoms with Gasteiger partial charge in [0.05, 0.1) is 17.4 Å². The molecule has 8 heteroatoms. The monoisotopic (exact) mass is 361 g/mol. The van der Waals surface area contributed by atoms with Crippen molar-refractivity contribution in [1.82, 2.24) is 4.31 Å². The number of halogens is 1. The molecule has 0 radical (unpaired) electrons. The van der Waals surface area contributed by atoms with Crippen LogP contribution < -0.4 is 0 Å². The second-order valence-corrected chi connectivity index (χ2v) is 8.09. The lowest BCUT2D eigenvalue weighted by molar-refractivity contribution is -0.143. The number of rotatable bonds is 5. The molecule has 1 aliphatic heterocycles. The van der Waals surface area contributed by atoms with Crippen LogP contribution in [-0.2, 0) is 26.2 Å². The van der Waals surface area contributed by atoms with Crippen molar-refractivity contribution in [3.63, 3.8) is 0 Å². The van der Waals surface area contributed by atoms with E-state index >= 15 is 0 Å². The Kier molecular flexibility index (Phi) is 5.67. The van der Waals surface area contributed by atoms with E-state index in [-0.39, 0.29) is 24.1 Å². The van der Waals surface area contributed by atoms with Gasteiger partial charge in [-0.1, -0.05) is 11.6 Å². The van der Waals surface area contributed by atoms with Gasteiger partial charge in [-0.25, -0.2) is 8.42 Å². The van der Waals surface area contributed by atoms with Crippen LogP contribution in [0.2, 0.25) is 5.02 Å². The first-order chi connectivity index (χ1) is 10.8. The minimum Gasteiger partial charge on any atom is -0.481 e. The third kappa shape index (κ3) is 4.03. The second kappa shape index (κ2) is 7.17. The molecule has 1 heterocycles. The summed E-state index contributed by atoms with van der Waals surface area (Å²) in [7, 11) is -2.30. The molecule has 0 amide bonds. The molecule has 1 saturated heterocycles. The maximum Gasteiger partial charge on any atom is 0.307 e. The van der Waals surface area contributed by atoms with Crippen molar-refractivity contribution in [2.45, 2.75) is 37.3 Å². The van der Waals surface area contributed by atoms with Gasteiger partial charge in [-0.3, -0.25) is 4.79 Å². The molecule has 1 aromatic carbocycles. The number of hydrogen-bond acceptors (Lipinski definition) is 4. The highest BCUT2D eigenvalue weighted by Gasteiger charge is 2.37. The number of sulfonamides is 1. The molecule has 0 aliphatic carbocycles. The van der Waals surface area contributed by atoms with Gasteiger partial charge in [0.1, 0.15) is 0 Å². The van der Waals surface area contributed by atoms with Crippen LogP contribution in [0.3, 0.4) is 0 Å². The highest BCUT2D eigenvalue weighted by atomic mass is 35.5. The Morgan fingerprint density at radius 1 is 1.39 bits per heavy atom. The van der Waals surface area contributed by atoms with Gasteiger partial charge < -0.3 is 9.84 Å². The molecule has 0 saturated carbocycles. The summed E-state index contributed by atoms with van der Waals surface area (Å²) in [6.45, 7) is 2.01. The number of benzene rings is 1. The number of aliphatic carboxylic acids is 1. The maximum atomic E-state index is 12.9. The van der Waals surface area contributed by atoms with Crippen LogP contribution in [0.1, 0.15) is 25.3 Å². The lowest BCUT2D eigenvalue weighted by Crippen LogP contribution is -2.47. The van der Waals surface area contributed by atoms with E-state index in [9.17, 15) is 18.3 Å². The van der Waals surface area contributed by atoms with Crippen LogP contribution in [-0.4, -0.2) is 43.5 Å². The highest BCUT2D eigenvalue weighted by Crippen LogP contribution is 2.30. The zero-order valence-corrected chi connectivity index (χ0v) is 14.6. The fourth-order valence-corrected chi connectivity index (χ4v) is 4.89. The lowest BCUT2D eigenvalue weighted by atomic mass is 9.96. The average molecular weight is 362 g/mol. The van der Waals surface area contributed by atoms with Crippen molar-refractivity contribution in [2.24, 2.45) is 5.92 Å². The van der Waals surface area contributed by atoms with Crippen molar-refractivity contribution >= 4 is 27.6 Å². The van der Waals surface area contributed by atoms with Crippen LogP contribution in [0.5, 0.6) is 0 Å². The Bertz CT molecular complexity index is 691. The van der Waals surface area contributed by atoms with Gasteiger partial charge >= 0.3 is 5.97 Å². The predicted molar refractivity (Wildman–Crippen MR) is 85.9 cm³/mol. The third-order valence-electron chi connectivity index (χ3n) is 4.02. The number of nitrogens with zero attached hydrogens (tertiary/aromatic N) is 1. The standard InChI is InChI=1S/C15H20ClNO5S/c1-10-3-4-12(15(18)19)8-17(10)23(20,21)14-6-11(9-22-2)5-13(16)7-14/h5-7,10,12H,3-4,8-9H2,1-2H3,(H,18,19). The first kappa shape index (κ1) is 18.2. The van der Waals surface area contributed by atoms with Gasteiger partial charge in [-0.15, -0.1) is 0 Å². The molecule has 2 unspecified atom stereocenters. The SMILES string of the molecule is COCc1cc(Cl)cc(S(=O)(=O)N2CC(C(=O)O)CCC2C)c1. The minimum absolute atomic E-state index is 0.0229. The van der Waals surface area contributed by atoms with Crippen molar-refractivity contribution in [3.8, 4) is 0 Å². The fourth-order valence-electron chi connectivity index (χ4n) is 2.77. The number of methoxy groups -OCH3 is 1. The molecule has 1 N–H and O–H groups in total. The van der Waals surface area contributed by atoms with E-state index in [0.717, 1.165) is 0 Å². The predicted octanol–water partition coefficient (Wildman–Crippen LogP) is 2.36. The summed E-state index contributed by atoms with van der Waals surface area (Å²) >= 11 is 6.01. The zero-order valence-electron chi connectivity index (χ0n) is 13.0. The number of carbonyl (C=O) groups is 1. The summed E-state index contributed by atoms with van der Waals surface area (Å²) in [5, 5.41) is 9.48. The van der Waals surface area contributed by atoms with Crippen LogP contribution in [0.4, 0.5) is 0 Å². The van der Waals surface area contributed by atoms with Gasteiger partial charge in [0.25, 0.3) is 0 Å². The van der Waals surface area contributed by atoms with Crippen LogP contribution in [0.15, 0.2) is 23.1 Å². The first-order valence-corrected chi connectivity index (χ1v) is 9.10. The zero-order chi connectivity index (χ0) is 17.2. The van der Waals surface area contributed by atoms with E-state index in [1.807, 2.05) is 0 Å². The molecule has 0 bridgehead atoms. The molecular formula is C15H20ClNO5S. The Labute approximate surface area is 141 Å². The van der Waals surface area contributed by atoms with Crippen molar-refractivity contribution in [3.05, 3.63) is 28.8 Å². The largest absolute Gasteiger partial charge is 0.481 e. The van der Waals surface area contributed by atoms with Crippen LogP contribution in [0.25, 0.3) is 0 Å². The molecule has 128 valence electrons. The Morgan fingerprint density at radius 3 is 2.70 bits per heavy atom. The maximum absolute atomic E-state index is 12.9. The smallest absolute Gasteiger partial charge is 0.307 e. The quantitative estimate of drug-likeness (QED) is 0.870. The number of ether oxygens (including phenoxy) is 1. The summed E-state index contributed by atoms with van der Waals surface area (Å²) in [6.07, 6.45) is 0.995. The summed E-state index contributed by atoms with van der Waals surface area (Å²) < 4.78 is 32.1. The fraction of sp³-hybridized carbons (Fsp3) is 0.533. The van der Waals surface area contributed by atoms with E-state index in [2.05, 4.69) is 0 Å². The first-order valence-electron chi connectivity index (χ1n) is 7.28. The van der Waals surface area contributed by atoms with Crippen LogP contribution >= 0.6 is 11.6 Å². The van der Waals surface area contributed by atoms with Gasteiger partial charge in [0, 0.05) is 24.7 Å². The van der Waals surface area contributed by atoms with Gasteiger partial charge in [0.2, 0.25) is 10.0 Å². The Balaban J connectivity index is 2.38. The van der Waals surface area contributed by atoms with E-state index in [1.54, 1.807) is 13.0 Å². The van der Waals surface area contributed by atoms with E-state index in [4.69, 9.17) is 16.3 Å². The van der Waals surface area contributed by atoms with Crippen LogP contribution in [0, 0.1) is 5.92 Å². The third-order valence-corrected chi connectivity index (χ3v) is 6.20. The Morgan fingerprint density at radius 2 is 2.09 bits per heavy atom. The molecular weight excluding hydrogens is 342 g/mol. The molecule has 1 fully saturated rings. The summed E-state index contributed by atoms with van der Waals surface area (Å²) in [6, 6.07) is 4.29. The summed E-state index contributed by atoms with van der Waals surface area (Å²) in [5.74, 6) is -1.65. The van der Waals surface area contributed by atoms with Gasteiger partial charge in [0.15, 0.2) is 0 Å². The minimum atomic E-state index is -3.81. The summed E-state index contributed by atoms with van der Waals surface area (Å²) in [4.78, 5) is 11.3. The van der Waals surface area contributed by atoms with Gasteiger partial charge in [-0.2, -0.15) is 4.31 Å². The van der Waals surface area contributed by atoms with E-state index in [1.165, 1.54) is 23.5 Å². The molecule has 1 aromatic rings. The molecule has 1 aliphatic rings. The van der Waals surface area contributed by atoms with E-state index in [0.29, 0.717) is 23.4 Å².